The lowest BCUT2D eigenvalue weighted by Crippen LogP contribution is -2.26. The van der Waals surface area contributed by atoms with Crippen molar-refractivity contribution in [3.8, 4) is 5.75 Å². The lowest BCUT2D eigenvalue weighted by atomic mass is 10.2. The van der Waals surface area contributed by atoms with Crippen molar-refractivity contribution in [1.82, 2.24) is 5.32 Å². The van der Waals surface area contributed by atoms with Gasteiger partial charge in [-0.05, 0) is 18.2 Å². The molecule has 126 valence electrons. The van der Waals surface area contributed by atoms with E-state index in [1.54, 1.807) is 12.1 Å². The van der Waals surface area contributed by atoms with E-state index in [-0.39, 0.29) is 17.5 Å². The summed E-state index contributed by atoms with van der Waals surface area (Å²) >= 11 is 4.42. The second-order valence-corrected chi connectivity index (χ2v) is 6.73. The van der Waals surface area contributed by atoms with E-state index in [9.17, 15) is 9.59 Å². The summed E-state index contributed by atoms with van der Waals surface area (Å²) in [7, 11) is 0. The molecule has 2 rings (SSSR count). The highest BCUT2D eigenvalue weighted by Gasteiger charge is 2.32. The Labute approximate surface area is 151 Å². The van der Waals surface area contributed by atoms with Crippen LogP contribution in [-0.2, 0) is 9.59 Å². The van der Waals surface area contributed by atoms with Gasteiger partial charge in [0.25, 0.3) is 0 Å². The Morgan fingerprint density at radius 2 is 2.33 bits per heavy atom. The minimum atomic E-state index is -1.04. The first-order chi connectivity index (χ1) is 11.5. The third-order valence-electron chi connectivity index (χ3n) is 2.81. The number of hydrogen-bond acceptors (Lipinski definition) is 6. The normalized spacial score (nSPS) is 18.8. The first kappa shape index (κ1) is 18.2. The highest BCUT2D eigenvalue weighted by atomic mass is 79.9. The molecule has 0 bridgehead atoms. The molecule has 24 heavy (non-hydrogen) atoms. The SMILES string of the molecule is C=CCOc1ccc(Br)cc1/C=N\N=C1/NC(=O)[C@@H](CC(=O)O)S1. The highest BCUT2D eigenvalue weighted by Crippen LogP contribution is 2.23. The average molecular weight is 412 g/mol. The summed E-state index contributed by atoms with van der Waals surface area (Å²) in [5.41, 5.74) is 0.701. The number of nitrogens with zero attached hydrogens (tertiary/aromatic N) is 2. The zero-order chi connectivity index (χ0) is 17.5. The standard InChI is InChI=1S/C15H14BrN3O4S/c1-2-5-23-11-4-3-10(16)6-9(11)8-17-19-15-18-14(22)12(24-15)7-13(20)21/h2-4,6,8,12H,1,5,7H2,(H,20,21)(H,18,19,22)/b17-8-/t12-/m1/s1. The molecule has 7 nitrogen and oxygen atoms in total. The van der Waals surface area contributed by atoms with Crippen molar-refractivity contribution in [3.63, 3.8) is 0 Å². The number of nitrogens with one attached hydrogen (secondary N) is 1. The third-order valence-corrected chi connectivity index (χ3v) is 4.38. The first-order valence-electron chi connectivity index (χ1n) is 6.83. The minimum Gasteiger partial charge on any atom is -0.489 e. The van der Waals surface area contributed by atoms with Gasteiger partial charge in [0.15, 0.2) is 5.17 Å². The van der Waals surface area contributed by atoms with Crippen molar-refractivity contribution in [2.45, 2.75) is 11.7 Å². The smallest absolute Gasteiger partial charge is 0.305 e. The Balaban J connectivity index is 2.08. The molecule has 0 saturated carbocycles. The molecule has 1 amide bonds. The fourth-order valence-corrected chi connectivity index (χ4v) is 3.08. The van der Waals surface area contributed by atoms with Crippen LogP contribution in [0.2, 0.25) is 0 Å². The van der Waals surface area contributed by atoms with Crippen molar-refractivity contribution < 1.29 is 19.4 Å². The van der Waals surface area contributed by atoms with Crippen LogP contribution >= 0.6 is 27.7 Å². The van der Waals surface area contributed by atoms with Crippen molar-refractivity contribution in [3.05, 3.63) is 40.9 Å². The Hall–Kier alpha value is -2.13. The monoisotopic (exact) mass is 411 g/mol. The number of rotatable bonds is 7. The highest BCUT2D eigenvalue weighted by molar-refractivity contribution is 9.10. The van der Waals surface area contributed by atoms with Gasteiger partial charge in [0.1, 0.15) is 17.6 Å². The molecule has 2 N–H and O–H groups in total. The van der Waals surface area contributed by atoms with Gasteiger partial charge < -0.3 is 15.2 Å². The van der Waals surface area contributed by atoms with Gasteiger partial charge >= 0.3 is 5.97 Å². The molecule has 0 radical (unpaired) electrons. The number of amides is 1. The van der Waals surface area contributed by atoms with E-state index < -0.39 is 11.2 Å². The van der Waals surface area contributed by atoms with Crippen LogP contribution in [0.5, 0.6) is 5.75 Å². The first-order valence-corrected chi connectivity index (χ1v) is 8.50. The number of thioether (sulfide) groups is 1. The maximum Gasteiger partial charge on any atom is 0.305 e. The molecule has 1 fully saturated rings. The summed E-state index contributed by atoms with van der Waals surface area (Å²) in [5.74, 6) is -0.798. The fourth-order valence-electron chi connectivity index (χ4n) is 1.79. The van der Waals surface area contributed by atoms with Gasteiger partial charge in [-0.15, -0.1) is 5.10 Å². The molecular weight excluding hydrogens is 398 g/mol. The van der Waals surface area contributed by atoms with E-state index in [0.29, 0.717) is 17.9 Å². The molecule has 1 saturated heterocycles. The second kappa shape index (κ2) is 8.65. The number of halogens is 1. The number of benzene rings is 1. The average Bonchev–Trinajstić information content (AvgIpc) is 2.86. The van der Waals surface area contributed by atoms with Gasteiger partial charge in [0.05, 0.1) is 12.6 Å². The topological polar surface area (TPSA) is 100 Å². The Morgan fingerprint density at radius 1 is 1.54 bits per heavy atom. The third kappa shape index (κ3) is 5.20. The maximum absolute atomic E-state index is 11.6. The summed E-state index contributed by atoms with van der Waals surface area (Å²) in [6.07, 6.45) is 2.87. The lowest BCUT2D eigenvalue weighted by Gasteiger charge is -2.06. The summed E-state index contributed by atoms with van der Waals surface area (Å²) in [5, 5.41) is 18.7. The maximum atomic E-state index is 11.6. The van der Waals surface area contributed by atoms with Crippen LogP contribution in [0, 0.1) is 0 Å². The molecule has 1 aromatic rings. The molecule has 1 atom stereocenters. The molecule has 1 aliphatic heterocycles. The summed E-state index contributed by atoms with van der Waals surface area (Å²) < 4.78 is 6.38. The number of carboxylic acid groups (broad SMARTS) is 1. The van der Waals surface area contributed by atoms with Crippen molar-refractivity contribution >= 4 is 51.0 Å². The number of aliphatic carboxylic acids is 1. The summed E-state index contributed by atoms with van der Waals surface area (Å²) in [6.45, 7) is 3.96. The summed E-state index contributed by atoms with van der Waals surface area (Å²) in [6, 6.07) is 5.44. The van der Waals surface area contributed by atoms with E-state index in [1.165, 1.54) is 6.21 Å². The van der Waals surface area contributed by atoms with Gasteiger partial charge in [0, 0.05) is 10.0 Å². The summed E-state index contributed by atoms with van der Waals surface area (Å²) in [4.78, 5) is 22.3. The Bertz CT molecular complexity index is 721. The predicted molar refractivity (Wildman–Crippen MR) is 96.6 cm³/mol. The van der Waals surface area contributed by atoms with Crippen molar-refractivity contribution in [2.75, 3.05) is 6.61 Å². The zero-order valence-electron chi connectivity index (χ0n) is 12.4. The molecule has 0 aromatic heterocycles. The van der Waals surface area contributed by atoms with Gasteiger partial charge in [-0.2, -0.15) is 5.10 Å². The van der Waals surface area contributed by atoms with Crippen LogP contribution in [0.3, 0.4) is 0 Å². The van der Waals surface area contributed by atoms with Crippen molar-refractivity contribution in [2.24, 2.45) is 10.2 Å². The van der Waals surface area contributed by atoms with E-state index in [1.807, 2.05) is 12.1 Å². The zero-order valence-corrected chi connectivity index (χ0v) is 14.8. The predicted octanol–water partition coefficient (Wildman–Crippen LogP) is 2.41. The number of amidine groups is 1. The van der Waals surface area contributed by atoms with E-state index >= 15 is 0 Å². The van der Waals surface area contributed by atoms with Crippen LogP contribution in [0.1, 0.15) is 12.0 Å². The number of carbonyl (C=O) groups excluding carboxylic acids is 1. The fraction of sp³-hybridized carbons (Fsp3) is 0.200. The molecule has 1 aliphatic rings. The lowest BCUT2D eigenvalue weighted by molar-refractivity contribution is -0.138. The molecule has 0 unspecified atom stereocenters. The number of ether oxygens (including phenoxy) is 1. The van der Waals surface area contributed by atoms with E-state index in [0.717, 1.165) is 16.2 Å². The number of carbonyl (C=O) groups is 2. The van der Waals surface area contributed by atoms with Crippen LogP contribution in [0.4, 0.5) is 0 Å². The molecule has 0 spiro atoms. The molecule has 1 aromatic carbocycles. The van der Waals surface area contributed by atoms with Crippen molar-refractivity contribution in [1.29, 1.82) is 0 Å². The molecule has 9 heteroatoms. The second-order valence-electron chi connectivity index (χ2n) is 4.63. The molecule has 0 aliphatic carbocycles. The van der Waals surface area contributed by atoms with E-state index in [4.69, 9.17) is 9.84 Å². The molecular formula is C15H14BrN3O4S. The number of hydrogen-bond donors (Lipinski definition) is 2. The largest absolute Gasteiger partial charge is 0.489 e. The van der Waals surface area contributed by atoms with Crippen LogP contribution in [-0.4, -0.2) is 40.2 Å². The Kier molecular flexibility index (Phi) is 6.56. The van der Waals surface area contributed by atoms with Gasteiger partial charge in [0.2, 0.25) is 5.91 Å². The van der Waals surface area contributed by atoms with Crippen LogP contribution in [0.25, 0.3) is 0 Å². The minimum absolute atomic E-state index is 0.260. The van der Waals surface area contributed by atoms with Crippen LogP contribution in [0.15, 0.2) is 45.5 Å². The van der Waals surface area contributed by atoms with E-state index in [2.05, 4.69) is 38.0 Å². The van der Waals surface area contributed by atoms with Gasteiger partial charge in [-0.3, -0.25) is 9.59 Å². The molecule has 1 heterocycles. The Morgan fingerprint density at radius 3 is 3.04 bits per heavy atom. The van der Waals surface area contributed by atoms with Crippen LogP contribution < -0.4 is 10.1 Å². The quantitative estimate of drug-likeness (QED) is 0.407. The van der Waals surface area contributed by atoms with Gasteiger partial charge in [-0.1, -0.05) is 40.3 Å². The van der Waals surface area contributed by atoms with Gasteiger partial charge in [-0.25, -0.2) is 0 Å². The number of carboxylic acids is 1.